The minimum Gasteiger partial charge on any atom is -0.481 e. The third-order valence-corrected chi connectivity index (χ3v) is 3.41. The first-order valence-corrected chi connectivity index (χ1v) is 6.15. The van der Waals surface area contributed by atoms with Crippen molar-refractivity contribution < 1.29 is 19.6 Å². The standard InChI is InChI=1S/C10H10BrN3O5/c11-6-1-12-2-8(14(17)18)9(6)13-7-4-19-3-5(7)10(15)16/h1-2,5,7H,3-4H2,(H,12,13)(H,15,16). The summed E-state index contributed by atoms with van der Waals surface area (Å²) in [5.41, 5.74) is -0.00726. The number of carbonyl (C=O) groups is 1. The molecule has 2 rings (SSSR count). The topological polar surface area (TPSA) is 115 Å². The predicted octanol–water partition coefficient (Wildman–Crippen LogP) is 1.26. The molecular formula is C10H10BrN3O5. The number of hydrogen-bond acceptors (Lipinski definition) is 6. The summed E-state index contributed by atoms with van der Waals surface area (Å²) in [5, 5.41) is 22.8. The zero-order chi connectivity index (χ0) is 14.0. The number of rotatable bonds is 4. The summed E-state index contributed by atoms with van der Waals surface area (Å²) in [6.45, 7) is 0.270. The van der Waals surface area contributed by atoms with Crippen molar-refractivity contribution >= 4 is 33.3 Å². The molecule has 0 aliphatic carbocycles. The van der Waals surface area contributed by atoms with E-state index < -0.39 is 22.9 Å². The molecule has 2 unspecified atom stereocenters. The Balaban J connectivity index is 2.28. The second-order valence-corrected chi connectivity index (χ2v) is 4.86. The minimum atomic E-state index is -0.997. The summed E-state index contributed by atoms with van der Waals surface area (Å²) < 4.78 is 5.50. The van der Waals surface area contributed by atoms with Crippen LogP contribution in [0.2, 0.25) is 0 Å². The van der Waals surface area contributed by atoms with Gasteiger partial charge in [0.15, 0.2) is 0 Å². The predicted molar refractivity (Wildman–Crippen MR) is 67.9 cm³/mol. The molecular weight excluding hydrogens is 322 g/mol. The van der Waals surface area contributed by atoms with E-state index in [1.165, 1.54) is 6.20 Å². The van der Waals surface area contributed by atoms with E-state index in [1.54, 1.807) is 0 Å². The van der Waals surface area contributed by atoms with E-state index in [1.807, 2.05) is 0 Å². The summed E-state index contributed by atoms with van der Waals surface area (Å²) >= 11 is 3.16. The van der Waals surface area contributed by atoms with Crippen molar-refractivity contribution in [1.29, 1.82) is 0 Å². The molecule has 0 amide bonds. The largest absolute Gasteiger partial charge is 0.481 e. The van der Waals surface area contributed by atoms with E-state index in [-0.39, 0.29) is 24.6 Å². The number of pyridine rings is 1. The lowest BCUT2D eigenvalue weighted by molar-refractivity contribution is -0.384. The van der Waals surface area contributed by atoms with Gasteiger partial charge in [-0.3, -0.25) is 19.9 Å². The second-order valence-electron chi connectivity index (χ2n) is 4.01. The van der Waals surface area contributed by atoms with Gasteiger partial charge in [-0.05, 0) is 15.9 Å². The molecule has 1 saturated heterocycles. The van der Waals surface area contributed by atoms with Gasteiger partial charge >= 0.3 is 11.7 Å². The number of aliphatic carboxylic acids is 1. The molecule has 2 heterocycles. The van der Waals surface area contributed by atoms with E-state index >= 15 is 0 Å². The molecule has 2 N–H and O–H groups in total. The zero-order valence-electron chi connectivity index (χ0n) is 9.58. The van der Waals surface area contributed by atoms with Crippen molar-refractivity contribution in [3.8, 4) is 0 Å². The maximum absolute atomic E-state index is 11.0. The summed E-state index contributed by atoms with van der Waals surface area (Å²) in [7, 11) is 0. The quantitative estimate of drug-likeness (QED) is 0.630. The van der Waals surface area contributed by atoms with Crippen LogP contribution in [0.15, 0.2) is 16.9 Å². The van der Waals surface area contributed by atoms with Gasteiger partial charge in [-0.1, -0.05) is 0 Å². The number of ether oxygens (including phenoxy) is 1. The molecule has 19 heavy (non-hydrogen) atoms. The summed E-state index contributed by atoms with van der Waals surface area (Å²) in [6.07, 6.45) is 2.51. The maximum Gasteiger partial charge on any atom is 0.311 e. The molecule has 0 aromatic carbocycles. The molecule has 0 saturated carbocycles. The van der Waals surface area contributed by atoms with Crippen LogP contribution in [0.3, 0.4) is 0 Å². The molecule has 1 aliphatic heterocycles. The average molecular weight is 332 g/mol. The molecule has 1 aromatic rings. The first-order chi connectivity index (χ1) is 9.00. The average Bonchev–Trinajstić information content (AvgIpc) is 2.79. The van der Waals surface area contributed by atoms with Crippen molar-refractivity contribution in [1.82, 2.24) is 4.98 Å². The number of halogens is 1. The number of anilines is 1. The Morgan fingerprint density at radius 2 is 2.32 bits per heavy atom. The normalized spacial score (nSPS) is 22.2. The monoisotopic (exact) mass is 331 g/mol. The molecule has 8 nitrogen and oxygen atoms in total. The Morgan fingerprint density at radius 1 is 1.58 bits per heavy atom. The smallest absolute Gasteiger partial charge is 0.311 e. The van der Waals surface area contributed by atoms with Crippen LogP contribution in [0, 0.1) is 16.0 Å². The number of hydrogen-bond donors (Lipinski definition) is 2. The molecule has 1 aliphatic rings. The zero-order valence-corrected chi connectivity index (χ0v) is 11.2. The van der Waals surface area contributed by atoms with Gasteiger partial charge in [-0.15, -0.1) is 0 Å². The van der Waals surface area contributed by atoms with Gasteiger partial charge in [-0.2, -0.15) is 0 Å². The van der Waals surface area contributed by atoms with Gasteiger partial charge in [0.05, 0.1) is 28.7 Å². The molecule has 0 bridgehead atoms. The van der Waals surface area contributed by atoms with Gasteiger partial charge in [0, 0.05) is 6.20 Å². The molecule has 2 atom stereocenters. The van der Waals surface area contributed by atoms with Crippen LogP contribution in [0.5, 0.6) is 0 Å². The highest BCUT2D eigenvalue weighted by Crippen LogP contribution is 2.33. The van der Waals surface area contributed by atoms with Crippen LogP contribution in [-0.2, 0) is 9.53 Å². The first kappa shape index (κ1) is 13.7. The SMILES string of the molecule is O=C(O)C1COCC1Nc1c(Br)cncc1[N+](=O)[O-]. The Hall–Kier alpha value is -1.74. The maximum atomic E-state index is 11.0. The van der Waals surface area contributed by atoms with E-state index in [0.29, 0.717) is 4.47 Å². The van der Waals surface area contributed by atoms with Crippen molar-refractivity contribution in [2.24, 2.45) is 5.92 Å². The van der Waals surface area contributed by atoms with Crippen LogP contribution >= 0.6 is 15.9 Å². The fourth-order valence-corrected chi connectivity index (χ4v) is 2.27. The molecule has 0 radical (unpaired) electrons. The summed E-state index contributed by atoms with van der Waals surface area (Å²) in [4.78, 5) is 25.1. The van der Waals surface area contributed by atoms with Crippen LogP contribution in [0.1, 0.15) is 0 Å². The molecule has 102 valence electrons. The lowest BCUT2D eigenvalue weighted by Gasteiger charge is -2.17. The number of carboxylic acids is 1. The van der Waals surface area contributed by atoms with Crippen LogP contribution < -0.4 is 5.32 Å². The van der Waals surface area contributed by atoms with E-state index in [0.717, 1.165) is 6.20 Å². The van der Waals surface area contributed by atoms with E-state index in [2.05, 4.69) is 26.2 Å². The molecule has 9 heteroatoms. The number of nitrogens with one attached hydrogen (secondary N) is 1. The van der Waals surface area contributed by atoms with Crippen molar-refractivity contribution in [3.63, 3.8) is 0 Å². The fraction of sp³-hybridized carbons (Fsp3) is 0.400. The van der Waals surface area contributed by atoms with Gasteiger partial charge in [0.1, 0.15) is 17.8 Å². The van der Waals surface area contributed by atoms with Crippen LogP contribution in [0.25, 0.3) is 0 Å². The first-order valence-electron chi connectivity index (χ1n) is 5.35. The lowest BCUT2D eigenvalue weighted by atomic mass is 10.0. The number of carboxylic acid groups (broad SMARTS) is 1. The highest BCUT2D eigenvalue weighted by molar-refractivity contribution is 9.10. The summed E-state index contributed by atoms with van der Waals surface area (Å²) in [5.74, 6) is -1.73. The Bertz CT molecular complexity index is 524. The second kappa shape index (κ2) is 5.49. The van der Waals surface area contributed by atoms with Crippen molar-refractivity contribution in [2.45, 2.75) is 6.04 Å². The van der Waals surface area contributed by atoms with Gasteiger partial charge in [0.25, 0.3) is 0 Å². The van der Waals surface area contributed by atoms with Crippen molar-refractivity contribution in [3.05, 3.63) is 27.0 Å². The van der Waals surface area contributed by atoms with Crippen LogP contribution in [-0.4, -0.2) is 40.2 Å². The minimum absolute atomic E-state index is 0.0868. The molecule has 0 spiro atoms. The van der Waals surface area contributed by atoms with Crippen LogP contribution in [0.4, 0.5) is 11.4 Å². The number of nitro groups is 1. The number of aromatic nitrogens is 1. The third kappa shape index (κ3) is 2.82. The van der Waals surface area contributed by atoms with Crippen molar-refractivity contribution in [2.75, 3.05) is 18.5 Å². The lowest BCUT2D eigenvalue weighted by Crippen LogP contribution is -2.33. The summed E-state index contributed by atoms with van der Waals surface area (Å²) in [6, 6.07) is -0.519. The molecule has 1 aromatic heterocycles. The Kier molecular flexibility index (Phi) is 3.96. The number of nitrogens with zero attached hydrogens (tertiary/aromatic N) is 2. The molecule has 1 fully saturated rings. The highest BCUT2D eigenvalue weighted by atomic mass is 79.9. The van der Waals surface area contributed by atoms with Gasteiger partial charge in [0.2, 0.25) is 0 Å². The van der Waals surface area contributed by atoms with E-state index in [9.17, 15) is 14.9 Å². The third-order valence-electron chi connectivity index (χ3n) is 2.80. The van der Waals surface area contributed by atoms with Gasteiger partial charge < -0.3 is 15.2 Å². The highest BCUT2D eigenvalue weighted by Gasteiger charge is 2.35. The Labute approximate surface area is 116 Å². The fourth-order valence-electron chi connectivity index (χ4n) is 1.83. The Morgan fingerprint density at radius 3 is 2.95 bits per heavy atom. The van der Waals surface area contributed by atoms with E-state index in [4.69, 9.17) is 9.84 Å². The van der Waals surface area contributed by atoms with Gasteiger partial charge in [-0.25, -0.2) is 0 Å².